The van der Waals surface area contributed by atoms with Gasteiger partial charge in [0.25, 0.3) is 0 Å². The summed E-state index contributed by atoms with van der Waals surface area (Å²) in [5.74, 6) is -0.0372. The van der Waals surface area contributed by atoms with Crippen molar-refractivity contribution >= 4 is 39.9 Å². The van der Waals surface area contributed by atoms with Crippen LogP contribution < -0.4 is 5.32 Å². The van der Waals surface area contributed by atoms with Crippen LogP contribution in [0.4, 0.5) is 0 Å². The highest BCUT2D eigenvalue weighted by Gasteiger charge is 2.14. The van der Waals surface area contributed by atoms with Gasteiger partial charge in [0.15, 0.2) is 0 Å². The van der Waals surface area contributed by atoms with E-state index in [0.29, 0.717) is 16.5 Å². The van der Waals surface area contributed by atoms with Gasteiger partial charge in [0.1, 0.15) is 0 Å². The molecule has 0 saturated heterocycles. The number of carbonyl (C=O) groups excluding carboxylic acids is 1. The summed E-state index contributed by atoms with van der Waals surface area (Å²) in [6.07, 6.45) is 0.330. The van der Waals surface area contributed by atoms with Gasteiger partial charge in [0.05, 0.1) is 12.5 Å². The number of rotatable bonds is 4. The fourth-order valence-corrected chi connectivity index (χ4v) is 3.41. The SMILES string of the molecule is C[C@@H](NC(=O)Cc1cccc2ccccc12)c1ccc(Cl)cc1Cl. The molecule has 0 aliphatic heterocycles. The number of benzene rings is 3. The van der Waals surface area contributed by atoms with E-state index in [0.717, 1.165) is 21.9 Å². The van der Waals surface area contributed by atoms with Gasteiger partial charge in [-0.15, -0.1) is 0 Å². The maximum atomic E-state index is 12.4. The highest BCUT2D eigenvalue weighted by atomic mass is 35.5. The standard InChI is InChI=1S/C20H17Cl2NO/c1-13(17-10-9-16(21)12-19(17)22)23-20(24)11-15-7-4-6-14-5-2-3-8-18(14)15/h2-10,12-13H,11H2,1H3,(H,23,24)/t13-/m1/s1. The lowest BCUT2D eigenvalue weighted by molar-refractivity contribution is -0.121. The predicted octanol–water partition coefficient (Wildman–Crippen LogP) is 5.57. The van der Waals surface area contributed by atoms with Crippen molar-refractivity contribution in [1.29, 1.82) is 0 Å². The number of carbonyl (C=O) groups is 1. The molecule has 0 unspecified atom stereocenters. The minimum atomic E-state index is -0.183. The fraction of sp³-hybridized carbons (Fsp3) is 0.150. The van der Waals surface area contributed by atoms with Crippen LogP contribution in [0.3, 0.4) is 0 Å². The Balaban J connectivity index is 1.75. The zero-order chi connectivity index (χ0) is 17.1. The Morgan fingerprint density at radius 2 is 1.79 bits per heavy atom. The molecule has 4 heteroatoms. The summed E-state index contributed by atoms with van der Waals surface area (Å²) in [7, 11) is 0. The van der Waals surface area contributed by atoms with Crippen LogP contribution in [0.15, 0.2) is 60.7 Å². The van der Waals surface area contributed by atoms with Gasteiger partial charge in [-0.1, -0.05) is 71.7 Å². The molecule has 0 radical (unpaired) electrons. The van der Waals surface area contributed by atoms with Crippen molar-refractivity contribution in [3.05, 3.63) is 81.8 Å². The van der Waals surface area contributed by atoms with Crippen LogP contribution in [-0.2, 0) is 11.2 Å². The molecule has 3 rings (SSSR count). The minimum Gasteiger partial charge on any atom is -0.349 e. The zero-order valence-corrected chi connectivity index (χ0v) is 14.7. The quantitative estimate of drug-likeness (QED) is 0.649. The molecular weight excluding hydrogens is 341 g/mol. The predicted molar refractivity (Wildman–Crippen MR) is 101 cm³/mol. The smallest absolute Gasteiger partial charge is 0.224 e. The van der Waals surface area contributed by atoms with Gasteiger partial charge in [0.2, 0.25) is 5.91 Å². The van der Waals surface area contributed by atoms with Crippen molar-refractivity contribution in [3.8, 4) is 0 Å². The van der Waals surface area contributed by atoms with E-state index in [9.17, 15) is 4.79 Å². The summed E-state index contributed by atoms with van der Waals surface area (Å²) in [5, 5.41) is 6.38. The molecular formula is C20H17Cl2NO. The monoisotopic (exact) mass is 357 g/mol. The number of halogens is 2. The first-order chi connectivity index (χ1) is 11.5. The lowest BCUT2D eigenvalue weighted by atomic mass is 10.0. The number of hydrogen-bond donors (Lipinski definition) is 1. The van der Waals surface area contributed by atoms with E-state index >= 15 is 0 Å². The van der Waals surface area contributed by atoms with E-state index in [1.165, 1.54) is 0 Å². The first-order valence-corrected chi connectivity index (χ1v) is 8.51. The Morgan fingerprint density at radius 1 is 1.04 bits per heavy atom. The first-order valence-electron chi connectivity index (χ1n) is 7.75. The second-order valence-electron chi connectivity index (χ2n) is 5.77. The van der Waals surface area contributed by atoms with E-state index in [-0.39, 0.29) is 11.9 Å². The molecule has 0 aliphatic carbocycles. The molecule has 3 aromatic carbocycles. The molecule has 24 heavy (non-hydrogen) atoms. The van der Waals surface area contributed by atoms with Gasteiger partial charge >= 0.3 is 0 Å². The Bertz CT molecular complexity index is 886. The summed E-state index contributed by atoms with van der Waals surface area (Å²) < 4.78 is 0. The van der Waals surface area contributed by atoms with E-state index in [2.05, 4.69) is 5.32 Å². The summed E-state index contributed by atoms with van der Waals surface area (Å²) in [5.41, 5.74) is 1.87. The van der Waals surface area contributed by atoms with Crippen molar-refractivity contribution in [3.63, 3.8) is 0 Å². The molecule has 3 aromatic rings. The Labute approximate surface area is 151 Å². The highest BCUT2D eigenvalue weighted by molar-refractivity contribution is 6.35. The molecule has 0 heterocycles. The van der Waals surface area contributed by atoms with Crippen LogP contribution in [0, 0.1) is 0 Å². The molecule has 0 saturated carbocycles. The number of amides is 1. The van der Waals surface area contributed by atoms with Crippen molar-refractivity contribution in [1.82, 2.24) is 5.32 Å². The maximum absolute atomic E-state index is 12.4. The summed E-state index contributed by atoms with van der Waals surface area (Å²) in [6.45, 7) is 1.91. The molecule has 0 aromatic heterocycles. The van der Waals surface area contributed by atoms with Crippen LogP contribution in [0.5, 0.6) is 0 Å². The lowest BCUT2D eigenvalue weighted by Gasteiger charge is -2.16. The molecule has 0 bridgehead atoms. The van der Waals surface area contributed by atoms with Crippen LogP contribution in [0.25, 0.3) is 10.8 Å². The van der Waals surface area contributed by atoms with E-state index in [1.54, 1.807) is 12.1 Å². The normalized spacial score (nSPS) is 12.1. The largest absolute Gasteiger partial charge is 0.349 e. The molecule has 0 fully saturated rings. The number of fused-ring (bicyclic) bond motifs is 1. The van der Waals surface area contributed by atoms with Gasteiger partial charge in [-0.3, -0.25) is 4.79 Å². The van der Waals surface area contributed by atoms with Crippen LogP contribution >= 0.6 is 23.2 Å². The van der Waals surface area contributed by atoms with Crippen molar-refractivity contribution in [2.24, 2.45) is 0 Å². The number of nitrogens with one attached hydrogen (secondary N) is 1. The lowest BCUT2D eigenvalue weighted by Crippen LogP contribution is -2.28. The fourth-order valence-electron chi connectivity index (χ4n) is 2.84. The average Bonchev–Trinajstić information content (AvgIpc) is 2.55. The summed E-state index contributed by atoms with van der Waals surface area (Å²) >= 11 is 12.1. The summed E-state index contributed by atoms with van der Waals surface area (Å²) in [4.78, 5) is 12.4. The first kappa shape index (κ1) is 16.8. The Kier molecular flexibility index (Phi) is 5.08. The minimum absolute atomic E-state index is 0.0372. The van der Waals surface area contributed by atoms with Crippen LogP contribution in [0.2, 0.25) is 10.0 Å². The van der Waals surface area contributed by atoms with Crippen LogP contribution in [0.1, 0.15) is 24.1 Å². The number of hydrogen-bond acceptors (Lipinski definition) is 1. The molecule has 0 spiro atoms. The second-order valence-corrected chi connectivity index (χ2v) is 6.61. The molecule has 1 amide bonds. The molecule has 1 N–H and O–H groups in total. The van der Waals surface area contributed by atoms with Crippen molar-refractivity contribution in [2.75, 3.05) is 0 Å². The molecule has 1 atom stereocenters. The van der Waals surface area contributed by atoms with Gasteiger partial charge < -0.3 is 5.32 Å². The molecule has 2 nitrogen and oxygen atoms in total. The molecule has 0 aliphatic rings. The summed E-state index contributed by atoms with van der Waals surface area (Å²) in [6, 6.07) is 19.2. The molecule has 122 valence electrons. The van der Waals surface area contributed by atoms with Crippen molar-refractivity contribution < 1.29 is 4.79 Å². The van der Waals surface area contributed by atoms with Gasteiger partial charge in [-0.25, -0.2) is 0 Å². The van der Waals surface area contributed by atoms with E-state index < -0.39 is 0 Å². The van der Waals surface area contributed by atoms with Gasteiger partial charge in [0, 0.05) is 10.0 Å². The third-order valence-electron chi connectivity index (χ3n) is 4.04. The average molecular weight is 358 g/mol. The maximum Gasteiger partial charge on any atom is 0.224 e. The Morgan fingerprint density at radius 3 is 2.58 bits per heavy atom. The topological polar surface area (TPSA) is 29.1 Å². The van der Waals surface area contributed by atoms with E-state index in [1.807, 2.05) is 55.5 Å². The third kappa shape index (κ3) is 3.72. The van der Waals surface area contributed by atoms with Gasteiger partial charge in [-0.2, -0.15) is 0 Å². The Hall–Kier alpha value is -2.03. The zero-order valence-electron chi connectivity index (χ0n) is 13.2. The third-order valence-corrected chi connectivity index (χ3v) is 4.60. The van der Waals surface area contributed by atoms with Gasteiger partial charge in [-0.05, 0) is 41.0 Å². The second kappa shape index (κ2) is 7.25. The van der Waals surface area contributed by atoms with E-state index in [4.69, 9.17) is 23.2 Å². The van der Waals surface area contributed by atoms with Crippen LogP contribution in [-0.4, -0.2) is 5.91 Å². The van der Waals surface area contributed by atoms with Crippen molar-refractivity contribution in [2.45, 2.75) is 19.4 Å². The highest BCUT2D eigenvalue weighted by Crippen LogP contribution is 2.26.